The highest BCUT2D eigenvalue weighted by molar-refractivity contribution is 7.66. The van der Waals surface area contributed by atoms with Crippen LogP contribution in [0.3, 0.4) is 0 Å². The lowest BCUT2D eigenvalue weighted by Gasteiger charge is -2.38. The summed E-state index contributed by atoms with van der Waals surface area (Å²) in [4.78, 5) is 30.5. The zero-order valence-corrected chi connectivity index (χ0v) is 26.1. The van der Waals surface area contributed by atoms with Gasteiger partial charge in [-0.25, -0.2) is 20.4 Å². The van der Waals surface area contributed by atoms with Crippen molar-refractivity contribution in [2.75, 3.05) is 46.8 Å². The maximum absolute atomic E-state index is 15.1. The zero-order valence-electron chi connectivity index (χ0n) is 24.3. The number of H-pyrrole nitrogens is 1. The second kappa shape index (κ2) is 15.5. The van der Waals surface area contributed by atoms with Crippen LogP contribution in [-0.4, -0.2) is 91.4 Å². The van der Waals surface area contributed by atoms with E-state index < -0.39 is 57.0 Å². The Balaban J connectivity index is 2.67. The van der Waals surface area contributed by atoms with Crippen LogP contribution in [0, 0.1) is 13.5 Å². The second-order valence-corrected chi connectivity index (χ2v) is 14.8. The highest BCUT2D eigenvalue weighted by Gasteiger charge is 2.50. The molecule has 0 radical (unpaired) electrons. The maximum Gasteiger partial charge on any atom is 0.330 e. The van der Waals surface area contributed by atoms with Crippen LogP contribution in [0.2, 0.25) is 0 Å². The molecule has 0 spiro atoms. The Bertz CT molecular complexity index is 1200. The Morgan fingerprint density at radius 1 is 1.25 bits per heavy atom. The fourth-order valence-electron chi connectivity index (χ4n) is 4.07. The summed E-state index contributed by atoms with van der Waals surface area (Å²) < 4.78 is 60.8. The molecule has 2 rings (SSSR count). The SMILES string of the molecule is [C-]#[N+]CCOP(O[C@H]1[C@@H](OCCOC)[C@H](n2cc(C)c(=O)[nH]c2=O)O[C@@H]1/C=C(\F)P(C)(C)=O)N(C(C)C)C(C)C. The van der Waals surface area contributed by atoms with E-state index in [4.69, 9.17) is 29.8 Å². The number of hydrogen-bond acceptors (Lipinski definition) is 9. The Morgan fingerprint density at radius 3 is 2.45 bits per heavy atom. The quantitative estimate of drug-likeness (QED) is 0.180. The number of nitrogens with zero attached hydrogens (tertiary/aromatic N) is 3. The maximum atomic E-state index is 15.1. The van der Waals surface area contributed by atoms with Gasteiger partial charge < -0.3 is 32.7 Å². The van der Waals surface area contributed by atoms with Gasteiger partial charge in [0.2, 0.25) is 6.54 Å². The van der Waals surface area contributed by atoms with E-state index in [1.54, 1.807) is 0 Å². The van der Waals surface area contributed by atoms with E-state index in [0.717, 1.165) is 6.08 Å². The van der Waals surface area contributed by atoms with Crippen molar-refractivity contribution in [3.63, 3.8) is 0 Å². The summed E-state index contributed by atoms with van der Waals surface area (Å²) in [5.74, 6) is 0. The van der Waals surface area contributed by atoms with Crippen LogP contribution in [0.1, 0.15) is 39.5 Å². The van der Waals surface area contributed by atoms with Crippen molar-refractivity contribution in [1.29, 1.82) is 0 Å². The first-order valence-electron chi connectivity index (χ1n) is 12.9. The zero-order chi connectivity index (χ0) is 30.2. The van der Waals surface area contributed by atoms with Gasteiger partial charge in [0.05, 0.1) is 13.2 Å². The summed E-state index contributed by atoms with van der Waals surface area (Å²) >= 11 is 0. The standard InChI is InChI=1S/C25H41FN4O8P2/c1-16(2)30(17(3)4)39(36-11-10-27-6)38-21-19(14-20(26)40(8,9)33)37-24(22(21)35-13-12-34-7)29-15-18(5)23(31)28-25(29)32/h14-17,19,21-22,24H,10-13H2,1-5,7-9H3,(H,28,31,32)/b20-14+/t19-,21-,22-,24-,39?/m1/s1. The molecule has 5 atom stereocenters. The largest absolute Gasteiger partial charge is 0.382 e. The molecule has 1 aromatic heterocycles. The molecule has 1 aliphatic heterocycles. The molecule has 0 aliphatic carbocycles. The van der Waals surface area contributed by atoms with E-state index in [9.17, 15) is 14.2 Å². The first kappa shape index (κ1) is 34.5. The van der Waals surface area contributed by atoms with E-state index in [1.807, 2.05) is 32.4 Å². The van der Waals surface area contributed by atoms with E-state index in [-0.39, 0.29) is 44.0 Å². The number of ether oxygens (including phenoxy) is 3. The number of hydrogen-bond donors (Lipinski definition) is 1. The minimum absolute atomic E-state index is 0.0215. The first-order chi connectivity index (χ1) is 18.7. The number of halogens is 1. The molecule has 1 unspecified atom stereocenters. The Hall–Kier alpha value is -1.74. The van der Waals surface area contributed by atoms with Gasteiger partial charge in [0.25, 0.3) is 14.1 Å². The Morgan fingerprint density at radius 2 is 1.90 bits per heavy atom. The van der Waals surface area contributed by atoms with Crippen LogP contribution in [0.4, 0.5) is 4.39 Å². The molecule has 0 amide bonds. The average molecular weight is 607 g/mol. The number of nitrogens with one attached hydrogen (secondary N) is 1. The summed E-state index contributed by atoms with van der Waals surface area (Å²) in [5.41, 5.74) is -1.91. The van der Waals surface area contributed by atoms with Gasteiger partial charge in [-0.2, -0.15) is 0 Å². The third-order valence-electron chi connectivity index (χ3n) is 5.92. The molecule has 2 heterocycles. The van der Waals surface area contributed by atoms with Crippen LogP contribution < -0.4 is 11.2 Å². The second-order valence-electron chi connectivity index (χ2n) is 10.2. The average Bonchev–Trinajstić information content (AvgIpc) is 3.17. The lowest BCUT2D eigenvalue weighted by Crippen LogP contribution is -2.42. The van der Waals surface area contributed by atoms with Gasteiger partial charge in [-0.05, 0) is 54.0 Å². The summed E-state index contributed by atoms with van der Waals surface area (Å²) in [7, 11) is -3.61. The predicted octanol–water partition coefficient (Wildman–Crippen LogP) is 3.87. The molecule has 15 heteroatoms. The molecule has 40 heavy (non-hydrogen) atoms. The normalized spacial score (nSPS) is 22.8. The Kier molecular flexibility index (Phi) is 13.3. The summed E-state index contributed by atoms with van der Waals surface area (Å²) in [5, 5.41) is 0. The summed E-state index contributed by atoms with van der Waals surface area (Å²) in [6.07, 6.45) is -1.87. The van der Waals surface area contributed by atoms with Gasteiger partial charge in [0, 0.05) is 31.0 Å². The van der Waals surface area contributed by atoms with Crippen molar-refractivity contribution in [1.82, 2.24) is 14.2 Å². The van der Waals surface area contributed by atoms with E-state index in [1.165, 1.54) is 38.1 Å². The van der Waals surface area contributed by atoms with Crippen molar-refractivity contribution in [2.24, 2.45) is 0 Å². The molecular weight excluding hydrogens is 565 g/mol. The number of rotatable bonds is 15. The van der Waals surface area contributed by atoms with Crippen molar-refractivity contribution < 1.29 is 32.2 Å². The molecule has 1 saturated heterocycles. The molecule has 0 bridgehead atoms. The molecule has 1 fully saturated rings. The molecule has 1 aromatic rings. The third-order valence-corrected chi connectivity index (χ3v) is 9.23. The number of aryl methyl sites for hydroxylation is 1. The number of aromatic nitrogens is 2. The summed E-state index contributed by atoms with van der Waals surface area (Å²) in [6.45, 7) is 19.7. The lowest BCUT2D eigenvalue weighted by atomic mass is 10.1. The molecule has 12 nitrogen and oxygen atoms in total. The van der Waals surface area contributed by atoms with Crippen molar-refractivity contribution in [3.8, 4) is 0 Å². The van der Waals surface area contributed by atoms with Gasteiger partial charge >= 0.3 is 5.69 Å². The molecular formula is C25H41FN4O8P2. The Labute approximate surface area is 235 Å². The van der Waals surface area contributed by atoms with Gasteiger partial charge in [-0.1, -0.05) is 0 Å². The lowest BCUT2D eigenvalue weighted by molar-refractivity contribution is -0.0767. The van der Waals surface area contributed by atoms with E-state index >= 15 is 4.39 Å². The predicted molar refractivity (Wildman–Crippen MR) is 152 cm³/mol. The molecule has 1 aliphatic rings. The smallest absolute Gasteiger partial charge is 0.330 e. The van der Waals surface area contributed by atoms with Gasteiger partial charge in [-0.3, -0.25) is 14.3 Å². The molecule has 0 aromatic carbocycles. The number of methoxy groups -OCH3 is 1. The highest BCUT2D eigenvalue weighted by atomic mass is 31.2. The topological polar surface area (TPSA) is 126 Å². The van der Waals surface area contributed by atoms with Crippen molar-refractivity contribution in [2.45, 2.75) is 71.2 Å². The first-order valence-corrected chi connectivity index (χ1v) is 16.7. The van der Waals surface area contributed by atoms with Crippen LogP contribution in [0.25, 0.3) is 4.85 Å². The van der Waals surface area contributed by atoms with Gasteiger partial charge in [-0.15, -0.1) is 0 Å². The van der Waals surface area contributed by atoms with Crippen LogP contribution >= 0.6 is 15.7 Å². The molecule has 1 N–H and O–H groups in total. The van der Waals surface area contributed by atoms with Crippen molar-refractivity contribution >= 4 is 15.7 Å². The van der Waals surface area contributed by atoms with Crippen molar-refractivity contribution in [3.05, 3.63) is 55.7 Å². The van der Waals surface area contributed by atoms with Gasteiger partial charge in [0.15, 0.2) is 11.8 Å². The monoisotopic (exact) mass is 606 g/mol. The van der Waals surface area contributed by atoms with Crippen LogP contribution in [0.5, 0.6) is 0 Å². The fourth-order valence-corrected chi connectivity index (χ4v) is 6.32. The van der Waals surface area contributed by atoms with Gasteiger partial charge in [0.1, 0.15) is 32.1 Å². The third kappa shape index (κ3) is 9.13. The molecule has 226 valence electrons. The molecule has 0 saturated carbocycles. The summed E-state index contributed by atoms with van der Waals surface area (Å²) in [6, 6.07) is -0.0431. The fraction of sp³-hybridized carbons (Fsp3) is 0.720. The minimum Gasteiger partial charge on any atom is -0.382 e. The number of aromatic amines is 1. The van der Waals surface area contributed by atoms with Crippen LogP contribution in [0.15, 0.2) is 27.4 Å². The van der Waals surface area contributed by atoms with E-state index in [0.29, 0.717) is 0 Å². The van der Waals surface area contributed by atoms with Crippen LogP contribution in [-0.2, 0) is 27.8 Å². The van der Waals surface area contributed by atoms with E-state index in [2.05, 4.69) is 9.83 Å². The minimum atomic E-state index is -3.29. The highest BCUT2D eigenvalue weighted by Crippen LogP contribution is 2.52.